The lowest BCUT2D eigenvalue weighted by atomic mass is 10.1. The van der Waals surface area contributed by atoms with Crippen molar-refractivity contribution in [3.8, 4) is 5.75 Å². The zero-order valence-corrected chi connectivity index (χ0v) is 9.63. The fraction of sp³-hybridized carbons (Fsp3) is 0.500. The van der Waals surface area contributed by atoms with E-state index in [1.807, 2.05) is 25.1 Å². The Labute approximate surface area is 95.4 Å². The Bertz CT molecular complexity index is 347. The third-order valence-electron chi connectivity index (χ3n) is 2.65. The van der Waals surface area contributed by atoms with Crippen LogP contribution in [0.2, 0.25) is 5.02 Å². The summed E-state index contributed by atoms with van der Waals surface area (Å²) in [7, 11) is 0. The maximum Gasteiger partial charge on any atom is 0.138 e. The number of benzene rings is 1. The highest BCUT2D eigenvalue weighted by molar-refractivity contribution is 6.32. The Morgan fingerprint density at radius 3 is 2.87 bits per heavy atom. The molecule has 2 N–H and O–H groups in total. The molecule has 3 heteroatoms. The van der Waals surface area contributed by atoms with E-state index in [4.69, 9.17) is 22.1 Å². The van der Waals surface area contributed by atoms with Crippen LogP contribution in [0.1, 0.15) is 31.4 Å². The summed E-state index contributed by atoms with van der Waals surface area (Å²) in [6.07, 6.45) is 2.56. The Morgan fingerprint density at radius 2 is 2.27 bits per heavy atom. The van der Waals surface area contributed by atoms with Crippen LogP contribution in [0.5, 0.6) is 5.75 Å². The molecule has 0 bridgehead atoms. The topological polar surface area (TPSA) is 35.2 Å². The van der Waals surface area contributed by atoms with Crippen LogP contribution in [0.4, 0.5) is 0 Å². The quantitative estimate of drug-likeness (QED) is 0.855. The maximum absolute atomic E-state index is 6.04. The first-order valence-electron chi connectivity index (χ1n) is 5.34. The lowest BCUT2D eigenvalue weighted by Crippen LogP contribution is -2.06. The Kier molecular flexibility index (Phi) is 3.17. The van der Waals surface area contributed by atoms with Gasteiger partial charge in [0.05, 0.1) is 11.6 Å². The zero-order chi connectivity index (χ0) is 10.8. The lowest BCUT2D eigenvalue weighted by Gasteiger charge is -2.11. The van der Waals surface area contributed by atoms with Crippen molar-refractivity contribution >= 4 is 11.6 Å². The van der Waals surface area contributed by atoms with E-state index in [1.54, 1.807) is 0 Å². The number of nitrogens with two attached hydrogens (primary N) is 1. The first-order valence-corrected chi connectivity index (χ1v) is 5.72. The molecule has 1 unspecified atom stereocenters. The summed E-state index contributed by atoms with van der Waals surface area (Å²) < 4.78 is 5.66. The standard InChI is InChI=1S/C12H16ClNO/c1-8(14)10-4-5-11(13)12(6-10)15-7-9-2-3-9/h4-6,8-9H,2-3,7,14H2,1H3. The van der Waals surface area contributed by atoms with E-state index in [0.717, 1.165) is 23.8 Å². The number of hydrogen-bond acceptors (Lipinski definition) is 2. The van der Waals surface area contributed by atoms with Crippen molar-refractivity contribution in [2.24, 2.45) is 11.7 Å². The van der Waals surface area contributed by atoms with Gasteiger partial charge in [-0.15, -0.1) is 0 Å². The van der Waals surface area contributed by atoms with Gasteiger partial charge in [0.2, 0.25) is 0 Å². The van der Waals surface area contributed by atoms with Crippen LogP contribution in [-0.4, -0.2) is 6.61 Å². The van der Waals surface area contributed by atoms with Crippen LogP contribution in [0, 0.1) is 5.92 Å². The van der Waals surface area contributed by atoms with Crippen molar-refractivity contribution in [2.45, 2.75) is 25.8 Å². The second-order valence-corrected chi connectivity index (χ2v) is 4.64. The van der Waals surface area contributed by atoms with E-state index < -0.39 is 0 Å². The molecular weight excluding hydrogens is 210 g/mol. The van der Waals surface area contributed by atoms with Crippen LogP contribution in [0.25, 0.3) is 0 Å². The van der Waals surface area contributed by atoms with Gasteiger partial charge < -0.3 is 10.5 Å². The van der Waals surface area contributed by atoms with Crippen LogP contribution >= 0.6 is 11.6 Å². The summed E-state index contributed by atoms with van der Waals surface area (Å²) in [5.41, 5.74) is 6.86. The molecule has 0 aliphatic heterocycles. The fourth-order valence-electron chi connectivity index (χ4n) is 1.41. The van der Waals surface area contributed by atoms with Crippen LogP contribution in [-0.2, 0) is 0 Å². The molecule has 0 heterocycles. The van der Waals surface area contributed by atoms with Crippen LogP contribution in [0.3, 0.4) is 0 Å². The second-order valence-electron chi connectivity index (χ2n) is 4.23. The Morgan fingerprint density at radius 1 is 1.53 bits per heavy atom. The molecular formula is C12H16ClNO. The minimum Gasteiger partial charge on any atom is -0.492 e. The van der Waals surface area contributed by atoms with Crippen molar-refractivity contribution in [1.82, 2.24) is 0 Å². The molecule has 0 amide bonds. The van der Waals surface area contributed by atoms with Gasteiger partial charge in [-0.2, -0.15) is 0 Å². The van der Waals surface area contributed by atoms with Gasteiger partial charge in [0.15, 0.2) is 0 Å². The molecule has 2 nitrogen and oxygen atoms in total. The Balaban J connectivity index is 2.08. The fourth-order valence-corrected chi connectivity index (χ4v) is 1.58. The summed E-state index contributed by atoms with van der Waals surface area (Å²) >= 11 is 6.04. The minimum atomic E-state index is 0.0190. The molecule has 1 saturated carbocycles. The van der Waals surface area contributed by atoms with Crippen molar-refractivity contribution < 1.29 is 4.74 Å². The number of hydrogen-bond donors (Lipinski definition) is 1. The summed E-state index contributed by atoms with van der Waals surface area (Å²) in [5, 5.41) is 0.667. The molecule has 1 atom stereocenters. The van der Waals surface area contributed by atoms with Crippen molar-refractivity contribution in [1.29, 1.82) is 0 Å². The summed E-state index contributed by atoms with van der Waals surface area (Å²) in [6.45, 7) is 2.73. The van der Waals surface area contributed by atoms with Gasteiger partial charge in [0, 0.05) is 6.04 Å². The molecule has 1 aromatic rings. The highest BCUT2D eigenvalue weighted by atomic mass is 35.5. The molecule has 1 fully saturated rings. The maximum atomic E-state index is 6.04. The Hall–Kier alpha value is -0.730. The highest BCUT2D eigenvalue weighted by Crippen LogP contribution is 2.32. The monoisotopic (exact) mass is 225 g/mol. The molecule has 15 heavy (non-hydrogen) atoms. The average molecular weight is 226 g/mol. The first-order chi connectivity index (χ1) is 7.16. The van der Waals surface area contributed by atoms with Crippen LogP contribution in [0.15, 0.2) is 18.2 Å². The molecule has 1 aliphatic rings. The molecule has 0 spiro atoms. The number of rotatable bonds is 4. The summed E-state index contributed by atoms with van der Waals surface area (Å²) in [6, 6.07) is 5.75. The van der Waals surface area contributed by atoms with Gasteiger partial charge in [0.25, 0.3) is 0 Å². The second kappa shape index (κ2) is 4.42. The normalized spacial score (nSPS) is 17.5. The van der Waals surface area contributed by atoms with Gasteiger partial charge in [-0.3, -0.25) is 0 Å². The van der Waals surface area contributed by atoms with Gasteiger partial charge in [-0.05, 0) is 43.4 Å². The van der Waals surface area contributed by atoms with E-state index in [-0.39, 0.29) is 6.04 Å². The SMILES string of the molecule is CC(N)c1ccc(Cl)c(OCC2CC2)c1. The van der Waals surface area contributed by atoms with Crippen LogP contribution < -0.4 is 10.5 Å². The van der Waals surface area contributed by atoms with Crippen molar-refractivity contribution in [3.63, 3.8) is 0 Å². The molecule has 1 aromatic carbocycles. The summed E-state index contributed by atoms with van der Waals surface area (Å²) in [4.78, 5) is 0. The third kappa shape index (κ3) is 2.86. The summed E-state index contributed by atoms with van der Waals surface area (Å²) in [5.74, 6) is 1.50. The first kappa shape index (κ1) is 10.8. The number of halogens is 1. The van der Waals surface area contributed by atoms with Crippen molar-refractivity contribution in [2.75, 3.05) is 6.61 Å². The van der Waals surface area contributed by atoms with Crippen molar-refractivity contribution in [3.05, 3.63) is 28.8 Å². The van der Waals surface area contributed by atoms with E-state index in [9.17, 15) is 0 Å². The van der Waals surface area contributed by atoms with E-state index in [2.05, 4.69) is 0 Å². The molecule has 82 valence electrons. The largest absolute Gasteiger partial charge is 0.492 e. The average Bonchev–Trinajstić information content (AvgIpc) is 3.00. The minimum absolute atomic E-state index is 0.0190. The predicted octanol–water partition coefficient (Wildman–Crippen LogP) is 3.15. The molecule has 0 radical (unpaired) electrons. The van der Waals surface area contributed by atoms with E-state index in [0.29, 0.717) is 5.02 Å². The van der Waals surface area contributed by atoms with Gasteiger partial charge >= 0.3 is 0 Å². The van der Waals surface area contributed by atoms with Gasteiger partial charge in [-0.25, -0.2) is 0 Å². The molecule has 1 aliphatic carbocycles. The van der Waals surface area contributed by atoms with Gasteiger partial charge in [0.1, 0.15) is 5.75 Å². The molecule has 0 saturated heterocycles. The zero-order valence-electron chi connectivity index (χ0n) is 8.87. The number of ether oxygens (including phenoxy) is 1. The third-order valence-corrected chi connectivity index (χ3v) is 2.96. The van der Waals surface area contributed by atoms with E-state index in [1.165, 1.54) is 12.8 Å². The molecule has 2 rings (SSSR count). The lowest BCUT2D eigenvalue weighted by molar-refractivity contribution is 0.299. The predicted molar refractivity (Wildman–Crippen MR) is 62.3 cm³/mol. The van der Waals surface area contributed by atoms with Gasteiger partial charge in [-0.1, -0.05) is 17.7 Å². The smallest absolute Gasteiger partial charge is 0.138 e. The van der Waals surface area contributed by atoms with E-state index >= 15 is 0 Å². The molecule has 0 aromatic heterocycles. The highest BCUT2D eigenvalue weighted by Gasteiger charge is 2.22.